The smallest absolute Gasteiger partial charge is 0.230 e. The number of ketones is 1. The van der Waals surface area contributed by atoms with Gasteiger partial charge in [0.1, 0.15) is 0 Å². The van der Waals surface area contributed by atoms with Gasteiger partial charge < -0.3 is 4.57 Å². The maximum atomic E-state index is 11.4. The number of nitrogens with zero attached hydrogens (tertiary/aromatic N) is 3. The van der Waals surface area contributed by atoms with Gasteiger partial charge in [-0.25, -0.2) is 9.98 Å². The number of hydrogen-bond acceptors (Lipinski definition) is 3. The maximum Gasteiger partial charge on any atom is 0.230 e. The van der Waals surface area contributed by atoms with Gasteiger partial charge in [-0.2, -0.15) is 0 Å². The summed E-state index contributed by atoms with van der Waals surface area (Å²) in [5, 5.41) is 0. The summed E-state index contributed by atoms with van der Waals surface area (Å²) in [6.07, 6.45) is 1.59. The van der Waals surface area contributed by atoms with Gasteiger partial charge in [-0.15, -0.1) is 0 Å². The molecule has 0 saturated carbocycles. The Kier molecular flexibility index (Phi) is 6.57. The third-order valence-electron chi connectivity index (χ3n) is 2.04. The molecule has 0 unspecified atom stereocenters. The van der Waals surface area contributed by atoms with Crippen molar-refractivity contribution in [2.75, 3.05) is 0 Å². The van der Waals surface area contributed by atoms with Gasteiger partial charge in [-0.05, 0) is 19.1 Å². The topological polar surface area (TPSA) is 47.2 Å². The number of Topliss-reactive ketones (excluding diaryl/α,β-unsaturated/α-hetero) is 1. The summed E-state index contributed by atoms with van der Waals surface area (Å²) in [6, 6.07) is 1.69. The van der Waals surface area contributed by atoms with Crippen LogP contribution in [0.5, 0.6) is 0 Å². The number of carbonyl (C=O) groups excluding carboxylic acids is 1. The molecule has 0 spiro atoms. The Morgan fingerprint density at radius 2 is 2.00 bits per heavy atom. The van der Waals surface area contributed by atoms with E-state index in [1.165, 1.54) is 6.92 Å². The highest BCUT2D eigenvalue weighted by Gasteiger charge is 2.06. The van der Waals surface area contributed by atoms with Crippen LogP contribution in [0, 0.1) is 0 Å². The molecule has 0 aliphatic rings. The first kappa shape index (κ1) is 16.0. The Morgan fingerprint density at radius 1 is 1.44 bits per heavy atom. The van der Waals surface area contributed by atoms with Crippen LogP contribution < -0.4 is 5.62 Å². The van der Waals surface area contributed by atoms with E-state index in [0.29, 0.717) is 22.7 Å². The highest BCUT2D eigenvalue weighted by molar-refractivity contribution is 5.92. The summed E-state index contributed by atoms with van der Waals surface area (Å²) in [4.78, 5) is 19.8. The third-order valence-corrected chi connectivity index (χ3v) is 2.04. The molecule has 0 amide bonds. The number of hydrogen-bond donors (Lipinski definition) is 0. The summed E-state index contributed by atoms with van der Waals surface area (Å²) in [5.74, 6) is -0.0360. The fraction of sp³-hybridized carbons (Fsp3) is 0.357. The molecule has 1 rings (SSSR count). The van der Waals surface area contributed by atoms with Crippen LogP contribution in [0.3, 0.4) is 0 Å². The molecule has 98 valence electrons. The minimum Gasteiger partial charge on any atom is -0.310 e. The number of carbonyl (C=O) groups is 1. The predicted octanol–water partition coefficient (Wildman–Crippen LogP) is 2.73. The molecule has 0 atom stereocenters. The van der Waals surface area contributed by atoms with Gasteiger partial charge in [0.05, 0.1) is 11.4 Å². The van der Waals surface area contributed by atoms with Crippen molar-refractivity contribution < 1.29 is 4.79 Å². The van der Waals surface area contributed by atoms with E-state index < -0.39 is 0 Å². The van der Waals surface area contributed by atoms with Crippen molar-refractivity contribution in [1.29, 1.82) is 0 Å². The van der Waals surface area contributed by atoms with Gasteiger partial charge in [-0.3, -0.25) is 4.79 Å². The lowest BCUT2D eigenvalue weighted by atomic mass is 10.2. The Morgan fingerprint density at radius 3 is 2.39 bits per heavy atom. The highest BCUT2D eigenvalue weighted by atomic mass is 16.1. The van der Waals surface area contributed by atoms with E-state index in [1.54, 1.807) is 30.7 Å². The normalized spacial score (nSPS) is 10.4. The maximum absolute atomic E-state index is 11.4. The van der Waals surface area contributed by atoms with Crippen LogP contribution in [0.25, 0.3) is 6.08 Å². The summed E-state index contributed by atoms with van der Waals surface area (Å²) < 4.78 is 1.64. The van der Waals surface area contributed by atoms with Crippen molar-refractivity contribution in [3.63, 3.8) is 0 Å². The molecular weight excluding hydrogens is 226 g/mol. The average Bonchev–Trinajstić information content (AvgIpc) is 2.33. The quantitative estimate of drug-likeness (QED) is 0.771. The van der Waals surface area contributed by atoms with Gasteiger partial charge in [0.15, 0.2) is 5.78 Å². The van der Waals surface area contributed by atoms with E-state index in [1.807, 2.05) is 13.8 Å². The minimum atomic E-state index is -0.0360. The Hall–Kier alpha value is -1.97. The third kappa shape index (κ3) is 4.13. The molecule has 0 N–H and O–H groups in total. The monoisotopic (exact) mass is 247 g/mol. The van der Waals surface area contributed by atoms with Crippen LogP contribution in [-0.2, 0) is 7.05 Å². The van der Waals surface area contributed by atoms with E-state index in [2.05, 4.69) is 23.1 Å². The van der Waals surface area contributed by atoms with Crippen molar-refractivity contribution in [2.45, 2.75) is 27.7 Å². The molecule has 1 heterocycles. The first-order chi connectivity index (χ1) is 8.45. The molecule has 0 aromatic carbocycles. The first-order valence-electron chi connectivity index (χ1n) is 5.87. The molecule has 0 aliphatic heterocycles. The zero-order chi connectivity index (χ0) is 14.3. The van der Waals surface area contributed by atoms with Crippen LogP contribution in [0.15, 0.2) is 29.9 Å². The van der Waals surface area contributed by atoms with Crippen molar-refractivity contribution in [1.82, 2.24) is 9.55 Å². The van der Waals surface area contributed by atoms with Crippen LogP contribution in [0.4, 0.5) is 0 Å². The fourth-order valence-electron chi connectivity index (χ4n) is 1.28. The van der Waals surface area contributed by atoms with Crippen molar-refractivity contribution in [2.24, 2.45) is 12.0 Å². The predicted molar refractivity (Wildman–Crippen MR) is 75.0 cm³/mol. The largest absolute Gasteiger partial charge is 0.310 e. The summed E-state index contributed by atoms with van der Waals surface area (Å²) in [6.45, 7) is 14.6. The number of rotatable bonds is 3. The van der Waals surface area contributed by atoms with Crippen LogP contribution in [0.1, 0.15) is 43.9 Å². The standard InChI is InChI=1S/C12H15N3O.C2H6/c1-6-10-7-11(9(4)16)15(5)12(14-10)13-8(2)3;1-2/h6-7H,1-2H2,3-5H3;1-2H3. The van der Waals surface area contributed by atoms with Crippen LogP contribution in [0.2, 0.25) is 0 Å². The SMILES string of the molecule is C=Cc1cc(C(C)=O)n(C)c(=NC(=C)C)n1.CC. The van der Waals surface area contributed by atoms with E-state index in [0.717, 1.165) is 0 Å². The Balaban J connectivity index is 0.00000137. The van der Waals surface area contributed by atoms with Gasteiger partial charge in [0.25, 0.3) is 0 Å². The second-order valence-corrected chi connectivity index (χ2v) is 3.53. The number of aromatic nitrogens is 2. The fourth-order valence-corrected chi connectivity index (χ4v) is 1.28. The average molecular weight is 247 g/mol. The van der Waals surface area contributed by atoms with E-state index in [9.17, 15) is 4.79 Å². The summed E-state index contributed by atoms with van der Waals surface area (Å²) >= 11 is 0. The molecule has 4 nitrogen and oxygen atoms in total. The van der Waals surface area contributed by atoms with Gasteiger partial charge >= 0.3 is 0 Å². The highest BCUT2D eigenvalue weighted by Crippen LogP contribution is 2.01. The lowest BCUT2D eigenvalue weighted by Gasteiger charge is -2.07. The lowest BCUT2D eigenvalue weighted by Crippen LogP contribution is -2.27. The second kappa shape index (κ2) is 7.37. The molecule has 0 bridgehead atoms. The number of allylic oxidation sites excluding steroid dienone is 1. The summed E-state index contributed by atoms with van der Waals surface area (Å²) in [5.41, 5.74) is 2.27. The second-order valence-electron chi connectivity index (χ2n) is 3.53. The molecule has 1 aromatic heterocycles. The minimum absolute atomic E-state index is 0.0360. The Bertz CT molecular complexity index is 524. The van der Waals surface area contributed by atoms with Crippen LogP contribution in [-0.4, -0.2) is 15.3 Å². The van der Waals surface area contributed by atoms with Gasteiger partial charge in [0.2, 0.25) is 5.62 Å². The molecule has 0 fully saturated rings. The lowest BCUT2D eigenvalue weighted by molar-refractivity contribution is 0.100. The molecule has 0 radical (unpaired) electrons. The van der Waals surface area contributed by atoms with Crippen molar-refractivity contribution in [3.05, 3.63) is 41.9 Å². The van der Waals surface area contributed by atoms with E-state index >= 15 is 0 Å². The Labute approximate surface area is 108 Å². The van der Waals surface area contributed by atoms with E-state index in [4.69, 9.17) is 0 Å². The van der Waals surface area contributed by atoms with E-state index in [-0.39, 0.29) is 5.78 Å². The zero-order valence-corrected chi connectivity index (χ0v) is 11.8. The van der Waals surface area contributed by atoms with Crippen molar-refractivity contribution >= 4 is 11.9 Å². The zero-order valence-electron chi connectivity index (χ0n) is 11.8. The molecule has 4 heteroatoms. The van der Waals surface area contributed by atoms with Gasteiger partial charge in [-0.1, -0.05) is 27.0 Å². The van der Waals surface area contributed by atoms with Gasteiger partial charge in [0, 0.05) is 19.7 Å². The first-order valence-corrected chi connectivity index (χ1v) is 5.87. The molecular formula is C14H21N3O. The molecule has 1 aromatic rings. The van der Waals surface area contributed by atoms with Crippen molar-refractivity contribution in [3.8, 4) is 0 Å². The molecule has 0 saturated heterocycles. The molecule has 18 heavy (non-hydrogen) atoms. The van der Waals surface area contributed by atoms with Crippen LogP contribution >= 0.6 is 0 Å². The molecule has 0 aliphatic carbocycles. The summed E-state index contributed by atoms with van der Waals surface area (Å²) in [7, 11) is 1.75.